The summed E-state index contributed by atoms with van der Waals surface area (Å²) in [5.41, 5.74) is 9.90. The molecule has 0 saturated heterocycles. The Labute approximate surface area is 92.4 Å². The van der Waals surface area contributed by atoms with Crippen molar-refractivity contribution in [3.63, 3.8) is 0 Å². The predicted octanol–water partition coefficient (Wildman–Crippen LogP) is 1.92. The van der Waals surface area contributed by atoms with Crippen LogP contribution < -0.4 is 11.2 Å². The third kappa shape index (κ3) is 3.83. The van der Waals surface area contributed by atoms with Gasteiger partial charge in [0.15, 0.2) is 0 Å². The van der Waals surface area contributed by atoms with Crippen LogP contribution in [0, 0.1) is 0 Å². The van der Waals surface area contributed by atoms with E-state index in [1.165, 1.54) is 11.7 Å². The molecule has 5 heteroatoms. The first-order chi connectivity index (χ1) is 7.24. The third-order valence-electron chi connectivity index (χ3n) is 1.60. The zero-order valence-corrected chi connectivity index (χ0v) is 8.61. The second-order valence-electron chi connectivity index (χ2n) is 2.66. The minimum absolute atomic E-state index is 0.686. The van der Waals surface area contributed by atoms with Crippen LogP contribution in [0.15, 0.2) is 41.0 Å². The van der Waals surface area contributed by atoms with E-state index in [-0.39, 0.29) is 0 Å². The summed E-state index contributed by atoms with van der Waals surface area (Å²) in [6.07, 6.45) is 1.42. The molecule has 0 radical (unpaired) electrons. The van der Waals surface area contributed by atoms with Gasteiger partial charge in [-0.3, -0.25) is 0 Å². The topological polar surface area (TPSA) is 67.5 Å². The highest BCUT2D eigenvalue weighted by atomic mass is 35.5. The number of nitrogens with zero attached hydrogens (tertiary/aromatic N) is 1. The summed E-state index contributed by atoms with van der Waals surface area (Å²) in [4.78, 5) is 10.4. The van der Waals surface area contributed by atoms with Gasteiger partial charge >= 0.3 is 6.03 Å². The van der Waals surface area contributed by atoms with Gasteiger partial charge in [0, 0.05) is 11.1 Å². The molecule has 0 saturated carbocycles. The number of rotatable bonds is 3. The number of hydrogen-bond acceptors (Lipinski definition) is 2. The first-order valence-electron chi connectivity index (χ1n) is 4.18. The maximum Gasteiger partial charge on any atom is 0.332 e. The molecule has 1 rings (SSSR count). The lowest BCUT2D eigenvalue weighted by molar-refractivity contribution is 0.249. The van der Waals surface area contributed by atoms with E-state index in [2.05, 4.69) is 10.5 Å². The molecule has 15 heavy (non-hydrogen) atoms. The largest absolute Gasteiger partial charge is 0.350 e. The number of primary amides is 1. The average molecular weight is 224 g/mol. The van der Waals surface area contributed by atoms with Crippen molar-refractivity contribution in [2.45, 2.75) is 0 Å². The van der Waals surface area contributed by atoms with Crippen LogP contribution >= 0.6 is 11.6 Å². The van der Waals surface area contributed by atoms with E-state index in [0.717, 1.165) is 5.56 Å². The van der Waals surface area contributed by atoms with Gasteiger partial charge in [0.1, 0.15) is 0 Å². The number of amides is 2. The van der Waals surface area contributed by atoms with E-state index in [9.17, 15) is 4.79 Å². The summed E-state index contributed by atoms with van der Waals surface area (Å²) in [5.74, 6) is 0. The first-order valence-corrected chi connectivity index (χ1v) is 4.62. The summed E-state index contributed by atoms with van der Waals surface area (Å²) < 4.78 is 0. The molecule has 0 fully saturated rings. The highest BCUT2D eigenvalue weighted by Crippen LogP contribution is 2.12. The SMILES string of the molecule is NC(=O)NN=CC(=CCl)c1ccccc1. The highest BCUT2D eigenvalue weighted by Gasteiger charge is 1.96. The maximum absolute atomic E-state index is 10.4. The van der Waals surface area contributed by atoms with E-state index in [0.29, 0.717) is 5.57 Å². The molecule has 1 aromatic carbocycles. The molecule has 0 unspecified atom stereocenters. The van der Waals surface area contributed by atoms with Crippen LogP contribution in [0.2, 0.25) is 0 Å². The van der Waals surface area contributed by atoms with Crippen LogP contribution in [0.25, 0.3) is 5.57 Å². The summed E-state index contributed by atoms with van der Waals surface area (Å²) in [7, 11) is 0. The molecule has 0 bridgehead atoms. The van der Waals surface area contributed by atoms with Gasteiger partial charge in [0.05, 0.1) is 6.21 Å². The van der Waals surface area contributed by atoms with Crippen LogP contribution in [0.1, 0.15) is 5.56 Å². The van der Waals surface area contributed by atoms with Crippen LogP contribution in [0.5, 0.6) is 0 Å². The molecule has 0 atom stereocenters. The minimum Gasteiger partial charge on any atom is -0.350 e. The van der Waals surface area contributed by atoms with Crippen molar-refractivity contribution in [1.82, 2.24) is 5.43 Å². The Kier molecular flexibility index (Phi) is 4.37. The first kappa shape index (κ1) is 11.3. The van der Waals surface area contributed by atoms with Gasteiger partial charge in [-0.1, -0.05) is 41.9 Å². The fourth-order valence-corrected chi connectivity index (χ4v) is 1.14. The summed E-state index contributed by atoms with van der Waals surface area (Å²) in [6.45, 7) is 0. The van der Waals surface area contributed by atoms with E-state index in [4.69, 9.17) is 17.3 Å². The lowest BCUT2D eigenvalue weighted by Gasteiger charge is -1.99. The zero-order chi connectivity index (χ0) is 11.1. The Bertz CT molecular complexity index is 387. The van der Waals surface area contributed by atoms with Crippen molar-refractivity contribution in [3.05, 3.63) is 41.4 Å². The van der Waals surface area contributed by atoms with Crippen LogP contribution in [-0.4, -0.2) is 12.2 Å². The van der Waals surface area contributed by atoms with Crippen molar-refractivity contribution in [2.75, 3.05) is 0 Å². The van der Waals surface area contributed by atoms with Crippen LogP contribution in [0.3, 0.4) is 0 Å². The van der Waals surface area contributed by atoms with E-state index in [1.54, 1.807) is 0 Å². The minimum atomic E-state index is -0.715. The second-order valence-corrected chi connectivity index (χ2v) is 2.88. The molecule has 2 amide bonds. The normalized spacial score (nSPS) is 11.7. The molecular formula is C10H10ClN3O. The molecule has 0 aromatic heterocycles. The molecule has 4 nitrogen and oxygen atoms in total. The molecular weight excluding hydrogens is 214 g/mol. The van der Waals surface area contributed by atoms with E-state index < -0.39 is 6.03 Å². The Balaban J connectivity index is 2.75. The van der Waals surface area contributed by atoms with Gasteiger partial charge in [-0.15, -0.1) is 0 Å². The molecule has 3 N–H and O–H groups in total. The summed E-state index contributed by atoms with van der Waals surface area (Å²) in [6, 6.07) is 8.70. The predicted molar refractivity (Wildman–Crippen MR) is 61.5 cm³/mol. The number of urea groups is 1. The molecule has 1 aromatic rings. The molecule has 0 spiro atoms. The van der Waals surface area contributed by atoms with Gasteiger partial charge in [0.2, 0.25) is 0 Å². The Morgan fingerprint density at radius 3 is 2.60 bits per heavy atom. The van der Waals surface area contributed by atoms with Gasteiger partial charge in [-0.25, -0.2) is 10.2 Å². The van der Waals surface area contributed by atoms with Gasteiger partial charge in [-0.2, -0.15) is 5.10 Å². The fraction of sp³-hybridized carbons (Fsp3) is 0. The molecule has 0 heterocycles. The smallest absolute Gasteiger partial charge is 0.332 e. The quantitative estimate of drug-likeness (QED) is 0.597. The molecule has 78 valence electrons. The van der Waals surface area contributed by atoms with Crippen molar-refractivity contribution >= 4 is 29.4 Å². The number of carbonyl (C=O) groups excluding carboxylic acids is 1. The number of carbonyl (C=O) groups is 1. The van der Waals surface area contributed by atoms with Crippen molar-refractivity contribution in [3.8, 4) is 0 Å². The highest BCUT2D eigenvalue weighted by molar-refractivity contribution is 6.33. The number of allylic oxidation sites excluding steroid dienone is 1. The van der Waals surface area contributed by atoms with Crippen LogP contribution in [0.4, 0.5) is 4.79 Å². The number of benzene rings is 1. The van der Waals surface area contributed by atoms with Gasteiger partial charge in [0.25, 0.3) is 0 Å². The van der Waals surface area contributed by atoms with E-state index in [1.807, 2.05) is 30.3 Å². The number of nitrogens with one attached hydrogen (secondary N) is 1. The monoisotopic (exact) mass is 223 g/mol. The van der Waals surface area contributed by atoms with E-state index >= 15 is 0 Å². The van der Waals surface area contributed by atoms with Gasteiger partial charge in [-0.05, 0) is 5.56 Å². The van der Waals surface area contributed by atoms with Crippen molar-refractivity contribution in [1.29, 1.82) is 0 Å². The molecule has 0 aliphatic rings. The molecule has 0 aliphatic carbocycles. The molecule has 0 aliphatic heterocycles. The Morgan fingerprint density at radius 1 is 1.40 bits per heavy atom. The standard InChI is InChI=1S/C10H10ClN3O/c11-6-9(7-13-14-10(12)15)8-4-2-1-3-5-8/h1-7H,(H3,12,14,15). The lowest BCUT2D eigenvalue weighted by Crippen LogP contribution is -2.24. The number of nitrogens with two attached hydrogens (primary N) is 1. The maximum atomic E-state index is 10.4. The second kappa shape index (κ2) is 5.82. The average Bonchev–Trinajstić information content (AvgIpc) is 2.25. The van der Waals surface area contributed by atoms with Crippen LogP contribution in [-0.2, 0) is 0 Å². The summed E-state index contributed by atoms with van der Waals surface area (Å²) in [5, 5.41) is 3.62. The fourth-order valence-electron chi connectivity index (χ4n) is 0.962. The number of halogens is 1. The number of hydrogen-bond donors (Lipinski definition) is 2. The lowest BCUT2D eigenvalue weighted by atomic mass is 10.1. The van der Waals surface area contributed by atoms with Crippen molar-refractivity contribution < 1.29 is 4.79 Å². The summed E-state index contributed by atoms with van der Waals surface area (Å²) >= 11 is 5.62. The third-order valence-corrected chi connectivity index (χ3v) is 1.84. The Hall–Kier alpha value is -1.81. The Morgan fingerprint density at radius 2 is 2.07 bits per heavy atom. The zero-order valence-electron chi connectivity index (χ0n) is 7.85. The van der Waals surface area contributed by atoms with Gasteiger partial charge < -0.3 is 5.73 Å². The number of hydrazone groups is 1. The van der Waals surface area contributed by atoms with Crippen molar-refractivity contribution in [2.24, 2.45) is 10.8 Å².